The number of aryl methyl sites for hydroxylation is 1. The lowest BCUT2D eigenvalue weighted by molar-refractivity contribution is 0.0600. The van der Waals surface area contributed by atoms with Crippen molar-refractivity contribution in [1.82, 2.24) is 20.6 Å². The Kier molecular flexibility index (Phi) is 8.54. The summed E-state index contributed by atoms with van der Waals surface area (Å²) in [5, 5.41) is 6.30. The van der Waals surface area contributed by atoms with E-state index in [1.54, 1.807) is 18.3 Å². The molecule has 0 unspecified atom stereocenters. The lowest BCUT2D eigenvalue weighted by atomic mass is 9.91. The van der Waals surface area contributed by atoms with E-state index >= 15 is 0 Å². The Labute approximate surface area is 177 Å². The fourth-order valence-electron chi connectivity index (χ4n) is 3.46. The zero-order chi connectivity index (χ0) is 19.9. The van der Waals surface area contributed by atoms with Crippen LogP contribution in [0.2, 0.25) is 0 Å². The van der Waals surface area contributed by atoms with Gasteiger partial charge >= 0.3 is 5.97 Å². The minimum absolute atomic E-state index is 0. The van der Waals surface area contributed by atoms with Crippen molar-refractivity contribution in [3.8, 4) is 0 Å². The number of amides is 1. The number of rotatable bonds is 6. The van der Waals surface area contributed by atoms with Gasteiger partial charge in [-0.25, -0.2) is 14.8 Å². The maximum absolute atomic E-state index is 12.8. The number of benzene rings is 1. The maximum Gasteiger partial charge on any atom is 0.337 e. The highest BCUT2D eigenvalue weighted by atomic mass is 35.5. The average molecular weight is 419 g/mol. The number of halogens is 1. The van der Waals surface area contributed by atoms with Crippen LogP contribution in [0.15, 0.2) is 30.5 Å². The van der Waals surface area contributed by atoms with Crippen LogP contribution >= 0.6 is 12.4 Å². The minimum Gasteiger partial charge on any atom is -0.465 e. The van der Waals surface area contributed by atoms with Gasteiger partial charge < -0.3 is 15.4 Å². The number of hydrogen-bond acceptors (Lipinski definition) is 6. The zero-order valence-electron chi connectivity index (χ0n) is 16.7. The second-order valence-electron chi connectivity index (χ2n) is 6.94. The fourth-order valence-corrected chi connectivity index (χ4v) is 3.46. The van der Waals surface area contributed by atoms with Crippen molar-refractivity contribution in [3.63, 3.8) is 0 Å². The number of carbonyl (C=O) groups excluding carboxylic acids is 2. The van der Waals surface area contributed by atoms with Gasteiger partial charge in [0, 0.05) is 18.7 Å². The molecule has 1 saturated heterocycles. The SMILES string of the molecule is COC(=O)c1cccc(CCNC(=O)c2cnc(C)nc2C2CCNCC2)c1.Cl. The lowest BCUT2D eigenvalue weighted by Gasteiger charge is -2.24. The standard InChI is InChI=1S/C21H26N4O3.ClH/c1-14-24-13-18(19(25-14)16-7-9-22-10-8-16)20(26)23-11-6-15-4-3-5-17(12-15)21(27)28-2;/h3-5,12-13,16,22H,6-11H2,1-2H3,(H,23,26);1H. The van der Waals surface area contributed by atoms with E-state index in [2.05, 4.69) is 20.6 Å². The van der Waals surface area contributed by atoms with E-state index < -0.39 is 0 Å². The van der Waals surface area contributed by atoms with Crippen molar-refractivity contribution in [3.05, 3.63) is 58.7 Å². The van der Waals surface area contributed by atoms with Gasteiger partial charge in [-0.3, -0.25) is 4.79 Å². The summed E-state index contributed by atoms with van der Waals surface area (Å²) in [6, 6.07) is 7.23. The number of esters is 1. The van der Waals surface area contributed by atoms with Crippen LogP contribution in [0.1, 0.15) is 56.6 Å². The van der Waals surface area contributed by atoms with E-state index in [-0.39, 0.29) is 30.2 Å². The lowest BCUT2D eigenvalue weighted by Crippen LogP contribution is -2.31. The molecule has 0 bridgehead atoms. The third-order valence-electron chi connectivity index (χ3n) is 4.96. The van der Waals surface area contributed by atoms with Crippen LogP contribution in [0.3, 0.4) is 0 Å². The Morgan fingerprint density at radius 1 is 1.28 bits per heavy atom. The first-order chi connectivity index (χ1) is 13.6. The van der Waals surface area contributed by atoms with Gasteiger partial charge in [0.15, 0.2) is 0 Å². The summed E-state index contributed by atoms with van der Waals surface area (Å²) in [7, 11) is 1.36. The molecule has 0 radical (unpaired) electrons. The molecule has 1 aromatic carbocycles. The van der Waals surface area contributed by atoms with Crippen molar-refractivity contribution in [2.75, 3.05) is 26.7 Å². The van der Waals surface area contributed by atoms with Gasteiger partial charge in [-0.05, 0) is 57.0 Å². The van der Waals surface area contributed by atoms with Crippen LogP contribution in [-0.4, -0.2) is 48.6 Å². The highest BCUT2D eigenvalue weighted by Gasteiger charge is 2.23. The van der Waals surface area contributed by atoms with E-state index in [9.17, 15) is 9.59 Å². The van der Waals surface area contributed by atoms with E-state index in [1.165, 1.54) is 7.11 Å². The molecule has 0 aliphatic carbocycles. The monoisotopic (exact) mass is 418 g/mol. The third-order valence-corrected chi connectivity index (χ3v) is 4.96. The summed E-state index contributed by atoms with van der Waals surface area (Å²) in [4.78, 5) is 33.2. The highest BCUT2D eigenvalue weighted by molar-refractivity contribution is 5.95. The van der Waals surface area contributed by atoms with Crippen molar-refractivity contribution < 1.29 is 14.3 Å². The Hall–Kier alpha value is -2.51. The summed E-state index contributed by atoms with van der Waals surface area (Å²) in [5.41, 5.74) is 2.87. The van der Waals surface area contributed by atoms with Gasteiger partial charge in [0.05, 0.1) is 23.9 Å². The second kappa shape index (κ2) is 10.9. The highest BCUT2D eigenvalue weighted by Crippen LogP contribution is 2.26. The molecule has 1 aromatic heterocycles. The number of nitrogens with one attached hydrogen (secondary N) is 2. The topological polar surface area (TPSA) is 93.2 Å². The maximum atomic E-state index is 12.8. The minimum atomic E-state index is -0.366. The van der Waals surface area contributed by atoms with Gasteiger partial charge in [0.25, 0.3) is 5.91 Å². The van der Waals surface area contributed by atoms with Crippen molar-refractivity contribution in [2.24, 2.45) is 0 Å². The van der Waals surface area contributed by atoms with Crippen LogP contribution in [0.5, 0.6) is 0 Å². The number of methoxy groups -OCH3 is 1. The van der Waals surface area contributed by atoms with Crippen molar-refractivity contribution in [1.29, 1.82) is 0 Å². The van der Waals surface area contributed by atoms with E-state index in [4.69, 9.17) is 4.74 Å². The van der Waals surface area contributed by atoms with E-state index in [1.807, 2.05) is 19.1 Å². The number of piperidine rings is 1. The number of aromatic nitrogens is 2. The molecule has 8 heteroatoms. The van der Waals surface area contributed by atoms with E-state index in [0.29, 0.717) is 29.9 Å². The number of carbonyl (C=O) groups is 2. The van der Waals surface area contributed by atoms with Gasteiger partial charge in [0.1, 0.15) is 5.82 Å². The predicted molar refractivity (Wildman–Crippen MR) is 113 cm³/mol. The molecular weight excluding hydrogens is 392 g/mol. The molecule has 2 heterocycles. The molecule has 0 saturated carbocycles. The van der Waals surface area contributed by atoms with Gasteiger partial charge in [-0.15, -0.1) is 12.4 Å². The molecule has 29 heavy (non-hydrogen) atoms. The second-order valence-corrected chi connectivity index (χ2v) is 6.94. The number of nitrogens with zero attached hydrogens (tertiary/aromatic N) is 2. The molecule has 0 spiro atoms. The molecule has 3 rings (SSSR count). The quantitative estimate of drug-likeness (QED) is 0.700. The van der Waals surface area contributed by atoms with Gasteiger partial charge in [-0.1, -0.05) is 12.1 Å². The fraction of sp³-hybridized carbons (Fsp3) is 0.429. The Bertz CT molecular complexity index is 854. The number of hydrogen-bond donors (Lipinski definition) is 2. The molecule has 0 atom stereocenters. The predicted octanol–water partition coefficient (Wildman–Crippen LogP) is 2.43. The van der Waals surface area contributed by atoms with Crippen LogP contribution in [-0.2, 0) is 11.2 Å². The van der Waals surface area contributed by atoms with Gasteiger partial charge in [0.2, 0.25) is 0 Å². The summed E-state index contributed by atoms with van der Waals surface area (Å²) in [5.74, 6) is 0.442. The summed E-state index contributed by atoms with van der Waals surface area (Å²) in [6.07, 6.45) is 4.19. The first kappa shape index (κ1) is 22.8. The van der Waals surface area contributed by atoms with Crippen LogP contribution < -0.4 is 10.6 Å². The number of ether oxygens (including phenoxy) is 1. The molecule has 1 fully saturated rings. The Morgan fingerprint density at radius 3 is 2.76 bits per heavy atom. The molecule has 1 aliphatic heterocycles. The van der Waals surface area contributed by atoms with Gasteiger partial charge in [-0.2, -0.15) is 0 Å². The Morgan fingerprint density at radius 2 is 2.03 bits per heavy atom. The summed E-state index contributed by atoms with van der Waals surface area (Å²) in [6.45, 7) is 4.18. The third kappa shape index (κ3) is 5.98. The molecule has 7 nitrogen and oxygen atoms in total. The Balaban J connectivity index is 0.00000300. The normalized spacial score (nSPS) is 14.0. The van der Waals surface area contributed by atoms with E-state index in [0.717, 1.165) is 37.2 Å². The zero-order valence-corrected chi connectivity index (χ0v) is 17.6. The smallest absolute Gasteiger partial charge is 0.337 e. The molecule has 1 amide bonds. The van der Waals surface area contributed by atoms with Crippen molar-refractivity contribution in [2.45, 2.75) is 32.1 Å². The first-order valence-electron chi connectivity index (χ1n) is 9.58. The first-order valence-corrected chi connectivity index (χ1v) is 9.58. The largest absolute Gasteiger partial charge is 0.465 e. The molecule has 2 aromatic rings. The van der Waals surface area contributed by atoms with Crippen LogP contribution in [0, 0.1) is 6.92 Å². The van der Waals surface area contributed by atoms with Crippen LogP contribution in [0.4, 0.5) is 0 Å². The summed E-state index contributed by atoms with van der Waals surface area (Å²) >= 11 is 0. The van der Waals surface area contributed by atoms with Crippen molar-refractivity contribution >= 4 is 24.3 Å². The molecule has 1 aliphatic rings. The molecular formula is C21H27ClN4O3. The van der Waals surface area contributed by atoms with Crippen LogP contribution in [0.25, 0.3) is 0 Å². The molecule has 156 valence electrons. The summed E-state index contributed by atoms with van der Waals surface area (Å²) < 4.78 is 4.75. The molecule has 2 N–H and O–H groups in total. The average Bonchev–Trinajstić information content (AvgIpc) is 2.74.